The van der Waals surface area contributed by atoms with Gasteiger partial charge in [-0.15, -0.1) is 0 Å². The van der Waals surface area contributed by atoms with E-state index >= 15 is 0 Å². The van der Waals surface area contributed by atoms with Gasteiger partial charge in [-0.05, 0) is 55.8 Å². The van der Waals surface area contributed by atoms with Crippen molar-refractivity contribution in [3.05, 3.63) is 75.1 Å². The molecular formula is C19H16Cl2N2O3. The Balaban J connectivity index is 1.77. The van der Waals surface area contributed by atoms with Crippen LogP contribution in [0.15, 0.2) is 47.0 Å². The second-order valence-electron chi connectivity index (χ2n) is 5.68. The van der Waals surface area contributed by atoms with Gasteiger partial charge in [-0.25, -0.2) is 0 Å². The summed E-state index contributed by atoms with van der Waals surface area (Å²) in [5.74, 6) is 0.765. The van der Waals surface area contributed by atoms with Gasteiger partial charge in [-0.2, -0.15) is 0 Å². The van der Waals surface area contributed by atoms with Gasteiger partial charge in [0.1, 0.15) is 18.1 Å². The summed E-state index contributed by atoms with van der Waals surface area (Å²) < 4.78 is 10.9. The van der Waals surface area contributed by atoms with Crippen molar-refractivity contribution in [2.75, 3.05) is 5.32 Å². The molecule has 3 rings (SSSR count). The van der Waals surface area contributed by atoms with Gasteiger partial charge in [-0.1, -0.05) is 34.4 Å². The maximum absolute atomic E-state index is 12.6. The number of rotatable bonds is 5. The van der Waals surface area contributed by atoms with E-state index in [0.29, 0.717) is 32.8 Å². The number of carbonyl (C=O) groups is 1. The van der Waals surface area contributed by atoms with E-state index in [0.717, 1.165) is 5.56 Å². The first-order valence-corrected chi connectivity index (χ1v) is 8.61. The minimum Gasteiger partial charge on any atom is -0.489 e. The minimum atomic E-state index is -0.387. The van der Waals surface area contributed by atoms with Crippen molar-refractivity contribution in [2.45, 2.75) is 20.5 Å². The average Bonchev–Trinajstić information content (AvgIpc) is 2.99. The molecule has 1 N–H and O–H groups in total. The molecule has 0 radical (unpaired) electrons. The molecule has 1 amide bonds. The summed E-state index contributed by atoms with van der Waals surface area (Å²) in [5.41, 5.74) is 2.15. The van der Waals surface area contributed by atoms with E-state index < -0.39 is 0 Å². The largest absolute Gasteiger partial charge is 0.489 e. The number of ether oxygens (including phenoxy) is 1. The fourth-order valence-corrected chi connectivity index (χ4v) is 2.65. The fourth-order valence-electron chi connectivity index (χ4n) is 2.35. The van der Waals surface area contributed by atoms with Crippen LogP contribution in [0.4, 0.5) is 5.69 Å². The lowest BCUT2D eigenvalue weighted by Gasteiger charge is -2.10. The quantitative estimate of drug-likeness (QED) is 0.630. The van der Waals surface area contributed by atoms with E-state index in [-0.39, 0.29) is 18.2 Å². The monoisotopic (exact) mass is 390 g/mol. The summed E-state index contributed by atoms with van der Waals surface area (Å²) in [6.45, 7) is 3.71. The first-order chi connectivity index (χ1) is 12.5. The zero-order chi connectivity index (χ0) is 18.7. The third-order valence-electron chi connectivity index (χ3n) is 3.91. The van der Waals surface area contributed by atoms with Crippen molar-refractivity contribution in [1.29, 1.82) is 0 Å². The summed E-state index contributed by atoms with van der Waals surface area (Å²) >= 11 is 12.0. The molecule has 2 aromatic carbocycles. The number of aromatic nitrogens is 1. The first-order valence-electron chi connectivity index (χ1n) is 7.85. The van der Waals surface area contributed by atoms with Crippen LogP contribution in [0, 0.1) is 13.8 Å². The first kappa shape index (κ1) is 18.3. The maximum atomic E-state index is 12.6. The Morgan fingerprint density at radius 1 is 1.15 bits per heavy atom. The molecule has 26 heavy (non-hydrogen) atoms. The maximum Gasteiger partial charge on any atom is 0.278 e. The SMILES string of the molecule is Cc1onc(C(=O)Nc2cccc(Cl)c2C)c1COc1ccc(Cl)cc1. The standard InChI is InChI=1S/C19H16Cl2N2O3/c1-11-16(21)4-3-5-17(11)22-19(24)18-15(12(2)26-23-18)10-25-14-8-6-13(20)7-9-14/h3-9H,10H2,1-2H3,(H,22,24). The number of hydrogen-bond donors (Lipinski definition) is 1. The Hall–Kier alpha value is -2.50. The zero-order valence-electron chi connectivity index (χ0n) is 14.2. The molecule has 0 aliphatic carbocycles. The van der Waals surface area contributed by atoms with Crippen LogP contribution >= 0.6 is 23.2 Å². The van der Waals surface area contributed by atoms with Gasteiger partial charge in [-0.3, -0.25) is 4.79 Å². The van der Waals surface area contributed by atoms with Gasteiger partial charge in [0.2, 0.25) is 0 Å². The molecule has 0 fully saturated rings. The minimum absolute atomic E-state index is 0.147. The predicted octanol–water partition coefficient (Wildman–Crippen LogP) is 5.43. The highest BCUT2D eigenvalue weighted by atomic mass is 35.5. The summed E-state index contributed by atoms with van der Waals surface area (Å²) in [6.07, 6.45) is 0. The number of anilines is 1. The number of benzene rings is 2. The molecule has 1 heterocycles. The number of aryl methyl sites for hydroxylation is 1. The second-order valence-corrected chi connectivity index (χ2v) is 6.52. The number of amides is 1. The van der Waals surface area contributed by atoms with Crippen LogP contribution < -0.4 is 10.1 Å². The molecule has 0 aliphatic rings. The van der Waals surface area contributed by atoms with Crippen LogP contribution in [0.2, 0.25) is 10.0 Å². The molecule has 0 bridgehead atoms. The van der Waals surface area contributed by atoms with E-state index in [4.69, 9.17) is 32.5 Å². The molecule has 0 aliphatic heterocycles. The topological polar surface area (TPSA) is 64.4 Å². The number of nitrogens with zero attached hydrogens (tertiary/aromatic N) is 1. The van der Waals surface area contributed by atoms with Crippen molar-refractivity contribution in [2.24, 2.45) is 0 Å². The van der Waals surface area contributed by atoms with Crippen LogP contribution in [0.3, 0.4) is 0 Å². The van der Waals surface area contributed by atoms with Crippen molar-refractivity contribution in [3.63, 3.8) is 0 Å². The van der Waals surface area contributed by atoms with Gasteiger partial charge in [0.15, 0.2) is 5.69 Å². The highest BCUT2D eigenvalue weighted by Crippen LogP contribution is 2.25. The molecule has 0 atom stereocenters. The van der Waals surface area contributed by atoms with Crippen molar-refractivity contribution in [1.82, 2.24) is 5.16 Å². The Bertz CT molecular complexity index is 936. The van der Waals surface area contributed by atoms with Gasteiger partial charge < -0.3 is 14.6 Å². The van der Waals surface area contributed by atoms with Crippen molar-refractivity contribution in [3.8, 4) is 5.75 Å². The number of halogens is 2. The number of hydrogen-bond acceptors (Lipinski definition) is 4. The summed E-state index contributed by atoms with van der Waals surface area (Å²) in [4.78, 5) is 12.6. The smallest absolute Gasteiger partial charge is 0.278 e. The lowest BCUT2D eigenvalue weighted by atomic mass is 10.1. The van der Waals surface area contributed by atoms with Gasteiger partial charge in [0, 0.05) is 15.7 Å². The second kappa shape index (κ2) is 7.81. The summed E-state index contributed by atoms with van der Waals surface area (Å²) in [5, 5.41) is 7.87. The fraction of sp³-hybridized carbons (Fsp3) is 0.158. The molecule has 1 aromatic heterocycles. The molecule has 3 aromatic rings. The lowest BCUT2D eigenvalue weighted by molar-refractivity contribution is 0.101. The van der Waals surface area contributed by atoms with Crippen LogP contribution in [0.5, 0.6) is 5.75 Å². The highest BCUT2D eigenvalue weighted by molar-refractivity contribution is 6.31. The Morgan fingerprint density at radius 2 is 1.88 bits per heavy atom. The van der Waals surface area contributed by atoms with Crippen LogP contribution in [0.25, 0.3) is 0 Å². The third kappa shape index (κ3) is 4.00. The molecule has 0 spiro atoms. The molecule has 0 unspecified atom stereocenters. The van der Waals surface area contributed by atoms with Gasteiger partial charge in [0.05, 0.1) is 5.56 Å². The molecule has 5 nitrogen and oxygen atoms in total. The molecule has 0 saturated carbocycles. The van der Waals surface area contributed by atoms with Crippen molar-refractivity contribution >= 4 is 34.8 Å². The summed E-state index contributed by atoms with van der Waals surface area (Å²) in [7, 11) is 0. The normalized spacial score (nSPS) is 10.6. The third-order valence-corrected chi connectivity index (χ3v) is 4.57. The van der Waals surface area contributed by atoms with E-state index in [1.807, 2.05) is 6.92 Å². The van der Waals surface area contributed by atoms with Gasteiger partial charge in [0.25, 0.3) is 5.91 Å². The highest BCUT2D eigenvalue weighted by Gasteiger charge is 2.21. The Morgan fingerprint density at radius 3 is 2.62 bits per heavy atom. The van der Waals surface area contributed by atoms with Crippen LogP contribution in [-0.2, 0) is 6.61 Å². The van der Waals surface area contributed by atoms with Crippen LogP contribution in [0.1, 0.15) is 27.4 Å². The molecule has 134 valence electrons. The average molecular weight is 391 g/mol. The molecular weight excluding hydrogens is 375 g/mol. The molecule has 7 heteroatoms. The van der Waals surface area contributed by atoms with E-state index in [2.05, 4.69) is 10.5 Å². The zero-order valence-corrected chi connectivity index (χ0v) is 15.7. The van der Waals surface area contributed by atoms with Gasteiger partial charge >= 0.3 is 0 Å². The number of nitrogens with one attached hydrogen (secondary N) is 1. The van der Waals surface area contributed by atoms with Crippen LogP contribution in [-0.4, -0.2) is 11.1 Å². The molecule has 0 saturated heterocycles. The lowest BCUT2D eigenvalue weighted by Crippen LogP contribution is -2.16. The van der Waals surface area contributed by atoms with Crippen molar-refractivity contribution < 1.29 is 14.1 Å². The Kier molecular flexibility index (Phi) is 5.49. The van der Waals surface area contributed by atoms with E-state index in [9.17, 15) is 4.79 Å². The van der Waals surface area contributed by atoms with E-state index in [1.54, 1.807) is 49.4 Å². The van der Waals surface area contributed by atoms with E-state index in [1.165, 1.54) is 0 Å². The summed E-state index contributed by atoms with van der Waals surface area (Å²) in [6, 6.07) is 12.3. The predicted molar refractivity (Wildman–Crippen MR) is 101 cm³/mol. The Labute approximate surface area is 160 Å². The number of carbonyl (C=O) groups excluding carboxylic acids is 1.